The Labute approximate surface area is 111 Å². The zero-order chi connectivity index (χ0) is 13.8. The van der Waals surface area contributed by atoms with Gasteiger partial charge in [0.1, 0.15) is 5.52 Å². The number of carboxylic acid groups (broad SMARTS) is 1. The van der Waals surface area contributed by atoms with Gasteiger partial charge in [-0.3, -0.25) is 4.79 Å². The van der Waals surface area contributed by atoms with E-state index in [-0.39, 0.29) is 12.3 Å². The van der Waals surface area contributed by atoms with Gasteiger partial charge in [0.2, 0.25) is 0 Å². The first kappa shape index (κ1) is 13.5. The van der Waals surface area contributed by atoms with Crippen molar-refractivity contribution in [2.45, 2.75) is 26.8 Å². The van der Waals surface area contributed by atoms with Gasteiger partial charge in [0.25, 0.3) is 0 Å². The molecule has 1 aromatic carbocycles. The fourth-order valence-electron chi connectivity index (χ4n) is 2.03. The van der Waals surface area contributed by atoms with Gasteiger partial charge in [-0.1, -0.05) is 13.0 Å². The first-order valence-corrected chi connectivity index (χ1v) is 6.33. The van der Waals surface area contributed by atoms with Gasteiger partial charge in [0.05, 0.1) is 0 Å². The van der Waals surface area contributed by atoms with Crippen molar-refractivity contribution in [1.29, 1.82) is 0 Å². The average molecular weight is 262 g/mol. The van der Waals surface area contributed by atoms with E-state index in [1.165, 1.54) is 0 Å². The Morgan fingerprint density at radius 2 is 2.32 bits per heavy atom. The van der Waals surface area contributed by atoms with Crippen LogP contribution in [0.3, 0.4) is 0 Å². The second kappa shape index (κ2) is 5.84. The minimum Gasteiger partial charge on any atom is -0.481 e. The second-order valence-corrected chi connectivity index (χ2v) is 4.87. The van der Waals surface area contributed by atoms with Gasteiger partial charge in [0, 0.05) is 19.9 Å². The van der Waals surface area contributed by atoms with Crippen molar-refractivity contribution in [3.05, 3.63) is 29.7 Å². The van der Waals surface area contributed by atoms with Gasteiger partial charge in [-0.2, -0.15) is 0 Å². The van der Waals surface area contributed by atoms with E-state index in [2.05, 4.69) is 10.3 Å². The molecule has 0 saturated carbocycles. The third-order valence-electron chi connectivity index (χ3n) is 2.90. The van der Waals surface area contributed by atoms with Crippen LogP contribution in [-0.4, -0.2) is 22.6 Å². The predicted molar refractivity (Wildman–Crippen MR) is 71.9 cm³/mol. The number of aliphatic carboxylic acids is 1. The number of aromatic nitrogens is 1. The molecule has 19 heavy (non-hydrogen) atoms. The molecule has 2 N–H and O–H groups in total. The summed E-state index contributed by atoms with van der Waals surface area (Å²) in [4.78, 5) is 14.8. The molecule has 0 spiro atoms. The monoisotopic (exact) mass is 262 g/mol. The topological polar surface area (TPSA) is 75.4 Å². The largest absolute Gasteiger partial charge is 0.481 e. The SMILES string of the molecule is Cc1nc2ccc(CNCC(C)CC(=O)O)cc2o1. The van der Waals surface area contributed by atoms with E-state index in [1.807, 2.05) is 32.0 Å². The molecule has 1 aromatic heterocycles. The van der Waals surface area contributed by atoms with Crippen LogP contribution in [0.5, 0.6) is 0 Å². The predicted octanol–water partition coefficient (Wildman–Crippen LogP) is 2.34. The summed E-state index contributed by atoms with van der Waals surface area (Å²) in [5, 5.41) is 11.9. The fraction of sp³-hybridized carbons (Fsp3) is 0.429. The second-order valence-electron chi connectivity index (χ2n) is 4.87. The van der Waals surface area contributed by atoms with Crippen molar-refractivity contribution in [3.63, 3.8) is 0 Å². The van der Waals surface area contributed by atoms with Crippen LogP contribution < -0.4 is 5.32 Å². The highest BCUT2D eigenvalue weighted by molar-refractivity contribution is 5.73. The van der Waals surface area contributed by atoms with Gasteiger partial charge >= 0.3 is 5.97 Å². The lowest BCUT2D eigenvalue weighted by Gasteiger charge is -2.10. The van der Waals surface area contributed by atoms with Crippen molar-refractivity contribution in [2.24, 2.45) is 5.92 Å². The number of benzene rings is 1. The van der Waals surface area contributed by atoms with E-state index < -0.39 is 5.97 Å². The molecule has 0 bridgehead atoms. The minimum atomic E-state index is -0.757. The molecule has 0 aliphatic carbocycles. The molecule has 2 rings (SSSR count). The number of carboxylic acids is 1. The first-order chi connectivity index (χ1) is 9.04. The Balaban J connectivity index is 1.89. The highest BCUT2D eigenvalue weighted by Gasteiger charge is 2.07. The van der Waals surface area contributed by atoms with Crippen LogP contribution in [0.4, 0.5) is 0 Å². The lowest BCUT2D eigenvalue weighted by atomic mass is 10.1. The molecule has 0 aliphatic heterocycles. The van der Waals surface area contributed by atoms with Crippen LogP contribution in [0.1, 0.15) is 24.8 Å². The number of hydrogen-bond acceptors (Lipinski definition) is 4. The molecule has 1 atom stereocenters. The number of nitrogens with zero attached hydrogens (tertiary/aromatic N) is 1. The van der Waals surface area contributed by atoms with Crippen LogP contribution in [0.15, 0.2) is 22.6 Å². The molecule has 1 unspecified atom stereocenters. The normalized spacial score (nSPS) is 12.7. The smallest absolute Gasteiger partial charge is 0.303 e. The summed E-state index contributed by atoms with van der Waals surface area (Å²) in [5.74, 6) is 0.0248. The van der Waals surface area contributed by atoms with E-state index in [4.69, 9.17) is 9.52 Å². The Bertz CT molecular complexity index is 577. The van der Waals surface area contributed by atoms with E-state index in [9.17, 15) is 4.79 Å². The van der Waals surface area contributed by atoms with Crippen LogP contribution in [0, 0.1) is 12.8 Å². The van der Waals surface area contributed by atoms with E-state index >= 15 is 0 Å². The van der Waals surface area contributed by atoms with Crippen LogP contribution in [-0.2, 0) is 11.3 Å². The van der Waals surface area contributed by atoms with Gasteiger partial charge in [-0.05, 0) is 30.2 Å². The van der Waals surface area contributed by atoms with E-state index in [1.54, 1.807) is 0 Å². The van der Waals surface area contributed by atoms with Crippen LogP contribution in [0.2, 0.25) is 0 Å². The molecule has 0 saturated heterocycles. The van der Waals surface area contributed by atoms with Gasteiger partial charge in [-0.25, -0.2) is 4.98 Å². The summed E-state index contributed by atoms with van der Waals surface area (Å²) in [7, 11) is 0. The molecular weight excluding hydrogens is 244 g/mol. The number of nitrogens with one attached hydrogen (secondary N) is 1. The molecule has 2 aromatic rings. The number of hydrogen-bond donors (Lipinski definition) is 2. The molecule has 5 heteroatoms. The maximum atomic E-state index is 10.5. The number of fused-ring (bicyclic) bond motifs is 1. The maximum absolute atomic E-state index is 10.5. The average Bonchev–Trinajstić information content (AvgIpc) is 2.67. The van der Waals surface area contributed by atoms with Crippen LogP contribution >= 0.6 is 0 Å². The lowest BCUT2D eigenvalue weighted by molar-refractivity contribution is -0.137. The molecular formula is C14H18N2O3. The summed E-state index contributed by atoms with van der Waals surface area (Å²) in [6, 6.07) is 5.90. The molecule has 1 heterocycles. The Kier molecular flexibility index (Phi) is 4.16. The molecule has 0 aliphatic rings. The van der Waals surface area contributed by atoms with Crippen molar-refractivity contribution < 1.29 is 14.3 Å². The minimum absolute atomic E-state index is 0.119. The van der Waals surface area contributed by atoms with E-state index in [0.29, 0.717) is 19.0 Å². The van der Waals surface area contributed by atoms with Gasteiger partial charge in [0.15, 0.2) is 11.5 Å². The molecule has 0 radical (unpaired) electrons. The quantitative estimate of drug-likeness (QED) is 0.835. The molecule has 0 fully saturated rings. The number of oxazole rings is 1. The van der Waals surface area contributed by atoms with Gasteiger partial charge in [-0.15, -0.1) is 0 Å². The Hall–Kier alpha value is -1.88. The summed E-state index contributed by atoms with van der Waals surface area (Å²) in [6.07, 6.45) is 0.188. The number of aryl methyl sites for hydroxylation is 1. The van der Waals surface area contributed by atoms with Gasteiger partial charge < -0.3 is 14.8 Å². The fourth-order valence-corrected chi connectivity index (χ4v) is 2.03. The lowest BCUT2D eigenvalue weighted by Crippen LogP contribution is -2.22. The summed E-state index contributed by atoms with van der Waals surface area (Å²) in [5.41, 5.74) is 2.75. The maximum Gasteiger partial charge on any atom is 0.303 e. The molecule has 5 nitrogen and oxygen atoms in total. The third-order valence-corrected chi connectivity index (χ3v) is 2.90. The Morgan fingerprint density at radius 3 is 3.05 bits per heavy atom. The summed E-state index contributed by atoms with van der Waals surface area (Å²) < 4.78 is 5.47. The highest BCUT2D eigenvalue weighted by atomic mass is 16.4. The molecule has 102 valence electrons. The zero-order valence-electron chi connectivity index (χ0n) is 11.1. The van der Waals surface area contributed by atoms with Crippen LogP contribution in [0.25, 0.3) is 11.1 Å². The third kappa shape index (κ3) is 3.79. The summed E-state index contributed by atoms with van der Waals surface area (Å²) in [6.45, 7) is 5.12. The first-order valence-electron chi connectivity index (χ1n) is 6.33. The number of carbonyl (C=O) groups is 1. The van der Waals surface area contributed by atoms with E-state index in [0.717, 1.165) is 16.7 Å². The van der Waals surface area contributed by atoms with Crippen molar-refractivity contribution in [1.82, 2.24) is 10.3 Å². The summed E-state index contributed by atoms with van der Waals surface area (Å²) >= 11 is 0. The standard InChI is InChI=1S/C14H18N2O3/c1-9(5-14(17)18)7-15-8-11-3-4-12-13(6-11)19-10(2)16-12/h3-4,6,9,15H,5,7-8H2,1-2H3,(H,17,18). The number of rotatable bonds is 6. The van der Waals surface area contributed by atoms with Crippen molar-refractivity contribution in [2.75, 3.05) is 6.54 Å². The zero-order valence-corrected chi connectivity index (χ0v) is 11.1. The molecule has 0 amide bonds. The highest BCUT2D eigenvalue weighted by Crippen LogP contribution is 2.16. The van der Waals surface area contributed by atoms with Crippen molar-refractivity contribution >= 4 is 17.1 Å². The van der Waals surface area contributed by atoms with Crippen molar-refractivity contribution in [3.8, 4) is 0 Å². The Morgan fingerprint density at radius 1 is 1.53 bits per heavy atom.